The van der Waals surface area contributed by atoms with Gasteiger partial charge in [0.2, 0.25) is 0 Å². The summed E-state index contributed by atoms with van der Waals surface area (Å²) >= 11 is 1.81. The number of rotatable bonds is 7. The van der Waals surface area contributed by atoms with Gasteiger partial charge in [0.05, 0.1) is 8.07 Å². The molecule has 5 heteroatoms. The predicted octanol–water partition coefficient (Wildman–Crippen LogP) is 12.9. The van der Waals surface area contributed by atoms with Crippen LogP contribution < -0.4 is 5.19 Å². The Balaban J connectivity index is 0.000000179. The molecule has 1 aliphatic rings. The summed E-state index contributed by atoms with van der Waals surface area (Å²) in [6.45, 7) is 11.7. The van der Waals surface area contributed by atoms with Gasteiger partial charge in [-0.1, -0.05) is 137 Å². The molecular weight excluding hydrogens is 845 g/mol. The van der Waals surface area contributed by atoms with E-state index in [9.17, 15) is 0 Å². The second-order valence-electron chi connectivity index (χ2n) is 15.4. The zero-order valence-corrected chi connectivity index (χ0v) is 35.2. The molecule has 7 aromatic rings. The third kappa shape index (κ3) is 8.72. The van der Waals surface area contributed by atoms with E-state index in [0.29, 0.717) is 5.92 Å². The molecule has 1 saturated carbocycles. The summed E-state index contributed by atoms with van der Waals surface area (Å²) in [5, 5.41) is 4.13. The van der Waals surface area contributed by atoms with Gasteiger partial charge in [-0.2, -0.15) is 11.3 Å². The molecule has 0 bridgehead atoms. The molecule has 8 rings (SSSR count). The normalized spacial score (nSPS) is 13.5. The molecule has 0 saturated heterocycles. The van der Waals surface area contributed by atoms with Crippen LogP contribution in [0, 0.1) is 18.1 Å². The van der Waals surface area contributed by atoms with Crippen LogP contribution in [-0.4, -0.2) is 18.0 Å². The molecule has 0 unspecified atom stereocenters. The summed E-state index contributed by atoms with van der Waals surface area (Å²) in [5.41, 5.74) is 9.64. The molecule has 3 heterocycles. The fourth-order valence-electron chi connectivity index (χ4n) is 7.46. The zero-order valence-electron chi connectivity index (χ0n) is 31.0. The monoisotopic (exact) mass is 893 g/mol. The van der Waals surface area contributed by atoms with Crippen molar-refractivity contribution in [3.63, 3.8) is 0 Å². The van der Waals surface area contributed by atoms with Gasteiger partial charge in [-0.25, -0.2) is 0 Å². The van der Waals surface area contributed by atoms with E-state index in [4.69, 9.17) is 4.98 Å². The Hall–Kier alpha value is -3.73. The number of aromatic nitrogens is 2. The van der Waals surface area contributed by atoms with Crippen molar-refractivity contribution < 1.29 is 20.1 Å². The van der Waals surface area contributed by atoms with Crippen LogP contribution in [0.5, 0.6) is 0 Å². The van der Waals surface area contributed by atoms with Crippen molar-refractivity contribution in [2.75, 3.05) is 0 Å². The van der Waals surface area contributed by atoms with E-state index < -0.39 is 8.07 Å². The zero-order chi connectivity index (χ0) is 35.4. The number of pyridine rings is 2. The van der Waals surface area contributed by atoms with Gasteiger partial charge in [-0.05, 0) is 68.2 Å². The Bertz CT molecular complexity index is 2230. The number of nitrogens with zero attached hydrogens (tertiary/aromatic N) is 2. The Morgan fingerprint density at radius 3 is 2.29 bits per heavy atom. The number of benzene rings is 4. The average molecular weight is 893 g/mol. The van der Waals surface area contributed by atoms with Crippen LogP contribution in [0.4, 0.5) is 0 Å². The van der Waals surface area contributed by atoms with Crippen LogP contribution in [0.2, 0.25) is 19.6 Å². The molecular formula is C47H48IrN2SSi-2. The van der Waals surface area contributed by atoms with Gasteiger partial charge in [0.15, 0.2) is 0 Å². The molecule has 0 aliphatic heterocycles. The van der Waals surface area contributed by atoms with Crippen molar-refractivity contribution >= 4 is 44.8 Å². The predicted molar refractivity (Wildman–Crippen MR) is 223 cm³/mol. The molecule has 267 valence electrons. The second kappa shape index (κ2) is 16.9. The fourth-order valence-corrected chi connectivity index (χ4v) is 10.2. The second-order valence-corrected chi connectivity index (χ2v) is 21.4. The SMILES string of the molecule is CC(C)c1ccnc(-c2[c-]c3sc4cccc(-c5ccccc5)c4c3cc2)c1.C[Si](C)(C)c1cnc(-c2[c-]cccc2)cc1CC1CCCCC1.[Ir]. The van der Waals surface area contributed by atoms with Crippen LogP contribution in [0.25, 0.3) is 53.8 Å². The topological polar surface area (TPSA) is 25.8 Å². The molecule has 1 radical (unpaired) electrons. The molecule has 0 spiro atoms. The van der Waals surface area contributed by atoms with E-state index in [1.165, 1.54) is 75.4 Å². The Kier molecular flexibility index (Phi) is 12.4. The van der Waals surface area contributed by atoms with E-state index in [0.717, 1.165) is 28.4 Å². The minimum Gasteiger partial charge on any atom is -0.305 e. The summed E-state index contributed by atoms with van der Waals surface area (Å²) in [6.07, 6.45) is 12.4. The van der Waals surface area contributed by atoms with Crippen molar-refractivity contribution in [3.8, 4) is 33.6 Å². The summed E-state index contributed by atoms with van der Waals surface area (Å²) in [6, 6.07) is 43.3. The van der Waals surface area contributed by atoms with E-state index in [2.05, 4.69) is 148 Å². The molecule has 3 aromatic heterocycles. The standard InChI is InChI=1S/C26H20NS.C21H28NSi.Ir/c1-17(2)19-13-14-27-23(15-19)20-11-12-22-25(16-20)28-24-10-6-9-21(26(22)24)18-7-4-3-5-8-18;1-23(2,3)21-16-22-20(18-12-8-5-9-13-18)15-19(21)14-17-10-6-4-7-11-17;/h3-15,17H,1-2H3;5,8-9,12,15-17H,4,6-7,10-11,14H2,1-3H3;/q2*-1;. The van der Waals surface area contributed by atoms with Gasteiger partial charge in [0.25, 0.3) is 0 Å². The summed E-state index contributed by atoms with van der Waals surface area (Å²) in [7, 11) is -1.36. The average Bonchev–Trinajstić information content (AvgIpc) is 3.54. The summed E-state index contributed by atoms with van der Waals surface area (Å²) < 4.78 is 2.49. The number of hydrogen-bond acceptors (Lipinski definition) is 3. The molecule has 1 aliphatic carbocycles. The van der Waals surface area contributed by atoms with E-state index in [-0.39, 0.29) is 20.1 Å². The van der Waals surface area contributed by atoms with Crippen molar-refractivity contribution in [2.45, 2.75) is 77.9 Å². The quantitative estimate of drug-likeness (QED) is 0.118. The Labute approximate surface area is 329 Å². The van der Waals surface area contributed by atoms with Crippen LogP contribution in [0.1, 0.15) is 63.0 Å². The third-order valence-corrected chi connectivity index (χ3v) is 13.4. The van der Waals surface area contributed by atoms with Crippen LogP contribution in [-0.2, 0) is 26.5 Å². The van der Waals surface area contributed by atoms with Gasteiger partial charge in [0, 0.05) is 37.2 Å². The molecule has 0 N–H and O–H groups in total. The number of thiophene rings is 1. The first kappa shape index (κ1) is 38.0. The van der Waals surface area contributed by atoms with Gasteiger partial charge < -0.3 is 9.97 Å². The maximum Gasteiger partial charge on any atom is 0.0798 e. The van der Waals surface area contributed by atoms with Gasteiger partial charge in [-0.15, -0.1) is 59.7 Å². The minimum atomic E-state index is -1.36. The summed E-state index contributed by atoms with van der Waals surface area (Å²) in [5.74, 6) is 1.36. The van der Waals surface area contributed by atoms with Crippen LogP contribution in [0.3, 0.4) is 0 Å². The maximum atomic E-state index is 4.77. The minimum absolute atomic E-state index is 0. The molecule has 4 aromatic carbocycles. The number of fused-ring (bicyclic) bond motifs is 3. The fraction of sp³-hybridized carbons (Fsp3) is 0.277. The molecule has 1 fully saturated rings. The first-order chi connectivity index (χ1) is 24.7. The molecule has 0 amide bonds. The first-order valence-corrected chi connectivity index (χ1v) is 22.9. The van der Waals surface area contributed by atoms with E-state index in [1.807, 2.05) is 18.3 Å². The Morgan fingerprint density at radius 1 is 0.788 bits per heavy atom. The van der Waals surface area contributed by atoms with Crippen molar-refractivity contribution in [1.29, 1.82) is 0 Å². The van der Waals surface area contributed by atoms with Crippen molar-refractivity contribution in [1.82, 2.24) is 9.97 Å². The summed E-state index contributed by atoms with van der Waals surface area (Å²) in [4.78, 5) is 9.36. The smallest absolute Gasteiger partial charge is 0.0798 e. The van der Waals surface area contributed by atoms with Crippen LogP contribution in [0.15, 0.2) is 116 Å². The third-order valence-electron chi connectivity index (χ3n) is 10.2. The molecule has 52 heavy (non-hydrogen) atoms. The molecule has 0 atom stereocenters. The van der Waals surface area contributed by atoms with E-state index in [1.54, 1.807) is 22.1 Å². The first-order valence-electron chi connectivity index (χ1n) is 18.6. The molecule has 2 nitrogen and oxygen atoms in total. The van der Waals surface area contributed by atoms with Gasteiger partial charge in [-0.3, -0.25) is 0 Å². The maximum absolute atomic E-state index is 4.77. The van der Waals surface area contributed by atoms with Crippen molar-refractivity contribution in [3.05, 3.63) is 139 Å². The largest absolute Gasteiger partial charge is 0.305 e. The van der Waals surface area contributed by atoms with Crippen LogP contribution >= 0.6 is 11.3 Å². The van der Waals surface area contributed by atoms with Gasteiger partial charge in [0.1, 0.15) is 0 Å². The number of hydrogen-bond donors (Lipinski definition) is 0. The van der Waals surface area contributed by atoms with Crippen molar-refractivity contribution in [2.24, 2.45) is 5.92 Å². The Morgan fingerprint density at radius 2 is 1.56 bits per heavy atom. The van der Waals surface area contributed by atoms with E-state index >= 15 is 0 Å². The van der Waals surface area contributed by atoms with Gasteiger partial charge >= 0.3 is 0 Å².